The number of carbonyl (C=O) groups is 2. The third-order valence-electron chi connectivity index (χ3n) is 4.93. The number of nitrogens with zero attached hydrogens (tertiary/aromatic N) is 1. The van der Waals surface area contributed by atoms with Gasteiger partial charge in [0.2, 0.25) is 5.91 Å². The Kier molecular flexibility index (Phi) is 5.58. The van der Waals surface area contributed by atoms with E-state index < -0.39 is 0 Å². The minimum absolute atomic E-state index is 0.121. The molecule has 0 spiro atoms. The van der Waals surface area contributed by atoms with Crippen molar-refractivity contribution in [2.24, 2.45) is 5.92 Å². The molecular weight excluding hydrogens is 252 g/mol. The lowest BCUT2D eigenvalue weighted by Crippen LogP contribution is -2.45. The maximum Gasteiger partial charge on any atom is 0.234 e. The molecular formula is C16H28N2O2. The molecule has 0 aromatic heterocycles. The van der Waals surface area contributed by atoms with Crippen LogP contribution in [0.15, 0.2) is 0 Å². The van der Waals surface area contributed by atoms with Crippen LogP contribution in [0.4, 0.5) is 0 Å². The van der Waals surface area contributed by atoms with Crippen molar-refractivity contribution in [1.82, 2.24) is 10.2 Å². The molecule has 2 atom stereocenters. The van der Waals surface area contributed by atoms with Gasteiger partial charge >= 0.3 is 0 Å². The van der Waals surface area contributed by atoms with Crippen molar-refractivity contribution in [2.75, 3.05) is 13.1 Å². The molecule has 1 saturated carbocycles. The Labute approximate surface area is 122 Å². The number of likely N-dealkylation sites (tertiary alicyclic amines) is 1. The minimum atomic E-state index is 0.121. The summed E-state index contributed by atoms with van der Waals surface area (Å²) in [6.45, 7) is 5.63. The summed E-state index contributed by atoms with van der Waals surface area (Å²) in [6, 6.07) is 0.606. The Morgan fingerprint density at radius 1 is 1.30 bits per heavy atom. The average Bonchev–Trinajstić information content (AvgIpc) is 3.04. The summed E-state index contributed by atoms with van der Waals surface area (Å²) in [6.07, 6.45) is 6.96. The molecule has 2 unspecified atom stereocenters. The highest BCUT2D eigenvalue weighted by Crippen LogP contribution is 2.32. The van der Waals surface area contributed by atoms with Crippen LogP contribution >= 0.6 is 0 Å². The second-order valence-electron chi connectivity index (χ2n) is 6.23. The predicted octanol–water partition coefficient (Wildman–Crippen LogP) is 2.12. The van der Waals surface area contributed by atoms with E-state index >= 15 is 0 Å². The first-order valence-corrected chi connectivity index (χ1v) is 8.21. The second kappa shape index (κ2) is 7.21. The van der Waals surface area contributed by atoms with Crippen LogP contribution in [0.3, 0.4) is 0 Å². The molecule has 2 rings (SSSR count). The van der Waals surface area contributed by atoms with Crippen molar-refractivity contribution >= 4 is 11.7 Å². The van der Waals surface area contributed by atoms with Gasteiger partial charge in [-0.1, -0.05) is 13.8 Å². The molecule has 0 radical (unpaired) electrons. The number of hydrogen-bond acceptors (Lipinski definition) is 3. The summed E-state index contributed by atoms with van der Waals surface area (Å²) in [5, 5.41) is 3.10. The maximum absolute atomic E-state index is 12.1. The van der Waals surface area contributed by atoms with E-state index in [0.717, 1.165) is 51.5 Å². The zero-order valence-electron chi connectivity index (χ0n) is 12.9. The highest BCUT2D eigenvalue weighted by molar-refractivity contribution is 5.84. The molecule has 1 heterocycles. The molecule has 1 N–H and O–H groups in total. The molecule has 1 amide bonds. The van der Waals surface area contributed by atoms with E-state index in [1.165, 1.54) is 0 Å². The molecule has 1 saturated heterocycles. The van der Waals surface area contributed by atoms with Crippen LogP contribution in [0.2, 0.25) is 0 Å². The summed E-state index contributed by atoms with van der Waals surface area (Å²) in [4.78, 5) is 26.3. The Morgan fingerprint density at radius 2 is 2.05 bits per heavy atom. The van der Waals surface area contributed by atoms with Gasteiger partial charge in [0.25, 0.3) is 0 Å². The summed E-state index contributed by atoms with van der Waals surface area (Å²) in [5.41, 5.74) is 0. The van der Waals surface area contributed by atoms with Crippen molar-refractivity contribution in [2.45, 2.75) is 70.9 Å². The van der Waals surface area contributed by atoms with E-state index in [-0.39, 0.29) is 17.9 Å². The Balaban J connectivity index is 1.87. The molecule has 114 valence electrons. The molecule has 0 aromatic carbocycles. The second-order valence-corrected chi connectivity index (χ2v) is 6.23. The van der Waals surface area contributed by atoms with Gasteiger partial charge in [-0.05, 0) is 45.1 Å². The molecule has 2 fully saturated rings. The van der Waals surface area contributed by atoms with Crippen molar-refractivity contribution in [3.8, 4) is 0 Å². The fraction of sp³-hybridized carbons (Fsp3) is 0.875. The SMILES string of the molecule is CCC(CC)NC(=O)CN1CCCC1C1CCCC1=O. The molecule has 4 heteroatoms. The van der Waals surface area contributed by atoms with Gasteiger partial charge in [0.05, 0.1) is 6.54 Å². The van der Waals surface area contributed by atoms with Crippen LogP contribution in [0.1, 0.15) is 58.8 Å². The molecule has 0 bridgehead atoms. The maximum atomic E-state index is 12.1. The van der Waals surface area contributed by atoms with Crippen molar-refractivity contribution in [1.29, 1.82) is 0 Å². The van der Waals surface area contributed by atoms with E-state index in [1.54, 1.807) is 0 Å². The quantitative estimate of drug-likeness (QED) is 0.811. The first-order chi connectivity index (χ1) is 9.65. The molecule has 20 heavy (non-hydrogen) atoms. The van der Waals surface area contributed by atoms with E-state index in [1.807, 2.05) is 0 Å². The van der Waals surface area contributed by atoms with Crippen molar-refractivity contribution < 1.29 is 9.59 Å². The molecule has 4 nitrogen and oxygen atoms in total. The van der Waals surface area contributed by atoms with Crippen LogP contribution in [-0.4, -0.2) is 41.8 Å². The zero-order valence-corrected chi connectivity index (χ0v) is 12.9. The van der Waals surface area contributed by atoms with Crippen LogP contribution in [0, 0.1) is 5.92 Å². The number of rotatable bonds is 6. The topological polar surface area (TPSA) is 49.4 Å². The molecule has 2 aliphatic rings. The summed E-state index contributed by atoms with van der Waals surface area (Å²) >= 11 is 0. The smallest absolute Gasteiger partial charge is 0.234 e. The van der Waals surface area contributed by atoms with E-state index in [4.69, 9.17) is 0 Å². The van der Waals surface area contributed by atoms with Crippen LogP contribution < -0.4 is 5.32 Å². The van der Waals surface area contributed by atoms with Crippen LogP contribution in [0.5, 0.6) is 0 Å². The standard InChI is InChI=1S/C16H28N2O2/c1-3-12(4-2)17-16(20)11-18-10-6-8-14(18)13-7-5-9-15(13)19/h12-14H,3-11H2,1-2H3,(H,17,20). The first kappa shape index (κ1) is 15.5. The summed E-state index contributed by atoms with van der Waals surface area (Å²) in [5.74, 6) is 0.733. The van der Waals surface area contributed by atoms with E-state index in [2.05, 4.69) is 24.1 Å². The van der Waals surface area contributed by atoms with E-state index in [0.29, 0.717) is 18.4 Å². The lowest BCUT2D eigenvalue weighted by molar-refractivity contribution is -0.126. The predicted molar refractivity (Wildman–Crippen MR) is 79.5 cm³/mol. The molecule has 1 aliphatic carbocycles. The lowest BCUT2D eigenvalue weighted by Gasteiger charge is -2.28. The van der Waals surface area contributed by atoms with Gasteiger partial charge in [0.1, 0.15) is 5.78 Å². The van der Waals surface area contributed by atoms with Gasteiger partial charge in [-0.25, -0.2) is 0 Å². The number of ketones is 1. The largest absolute Gasteiger partial charge is 0.352 e. The highest BCUT2D eigenvalue weighted by atomic mass is 16.2. The van der Waals surface area contributed by atoms with Crippen LogP contribution in [0.25, 0.3) is 0 Å². The van der Waals surface area contributed by atoms with Gasteiger partial charge in [-0.3, -0.25) is 14.5 Å². The van der Waals surface area contributed by atoms with Crippen molar-refractivity contribution in [3.05, 3.63) is 0 Å². The number of nitrogens with one attached hydrogen (secondary N) is 1. The Hall–Kier alpha value is -0.900. The van der Waals surface area contributed by atoms with Crippen LogP contribution in [-0.2, 0) is 9.59 Å². The lowest BCUT2D eigenvalue weighted by atomic mass is 9.95. The highest BCUT2D eigenvalue weighted by Gasteiger charge is 2.38. The third kappa shape index (κ3) is 3.60. The fourth-order valence-corrected chi connectivity index (χ4v) is 3.70. The first-order valence-electron chi connectivity index (χ1n) is 8.21. The minimum Gasteiger partial charge on any atom is -0.352 e. The normalized spacial score (nSPS) is 27.4. The Morgan fingerprint density at radius 3 is 2.65 bits per heavy atom. The van der Waals surface area contributed by atoms with Gasteiger partial charge < -0.3 is 5.32 Å². The fourth-order valence-electron chi connectivity index (χ4n) is 3.70. The summed E-state index contributed by atoms with van der Waals surface area (Å²) in [7, 11) is 0. The number of carbonyl (C=O) groups excluding carboxylic acids is 2. The summed E-state index contributed by atoms with van der Waals surface area (Å²) < 4.78 is 0. The zero-order chi connectivity index (χ0) is 14.5. The third-order valence-corrected chi connectivity index (χ3v) is 4.93. The molecule has 1 aliphatic heterocycles. The average molecular weight is 280 g/mol. The van der Waals surface area contributed by atoms with Gasteiger partial charge in [-0.2, -0.15) is 0 Å². The monoisotopic (exact) mass is 280 g/mol. The van der Waals surface area contributed by atoms with E-state index in [9.17, 15) is 9.59 Å². The number of amides is 1. The number of hydrogen-bond donors (Lipinski definition) is 1. The Bertz CT molecular complexity index is 352. The van der Waals surface area contributed by atoms with Gasteiger partial charge in [0, 0.05) is 24.4 Å². The van der Waals surface area contributed by atoms with Gasteiger partial charge in [0.15, 0.2) is 0 Å². The number of Topliss-reactive ketones (excluding diaryl/α,β-unsaturated/α-hetero) is 1. The van der Waals surface area contributed by atoms with Gasteiger partial charge in [-0.15, -0.1) is 0 Å². The van der Waals surface area contributed by atoms with Crippen molar-refractivity contribution in [3.63, 3.8) is 0 Å². The molecule has 0 aromatic rings.